The van der Waals surface area contributed by atoms with E-state index in [2.05, 4.69) is 10.3 Å². The Morgan fingerprint density at radius 3 is 2.38 bits per heavy atom. The molecule has 0 aliphatic heterocycles. The number of methoxy groups -OCH3 is 1. The van der Waals surface area contributed by atoms with Crippen LogP contribution in [0, 0.1) is 18.7 Å². The van der Waals surface area contributed by atoms with Crippen LogP contribution in [0.4, 0.5) is 4.39 Å². The second kappa shape index (κ2) is 11.9. The molecule has 2 aromatic rings. The quantitative estimate of drug-likeness (QED) is 0.407. The summed E-state index contributed by atoms with van der Waals surface area (Å²) in [6.07, 6.45) is 0.986. The van der Waals surface area contributed by atoms with Crippen molar-refractivity contribution in [3.05, 3.63) is 53.1 Å². The van der Waals surface area contributed by atoms with Gasteiger partial charge in [0.15, 0.2) is 5.75 Å². The summed E-state index contributed by atoms with van der Waals surface area (Å²) in [5.41, 5.74) is 1.90. The summed E-state index contributed by atoms with van der Waals surface area (Å²) in [6, 6.07) is 5.35. The molecule has 0 spiro atoms. The van der Waals surface area contributed by atoms with Crippen molar-refractivity contribution in [3.8, 4) is 11.5 Å². The maximum absolute atomic E-state index is 13.6. The Labute approximate surface area is 205 Å². The highest BCUT2D eigenvalue weighted by atomic mass is 32.1. The molecule has 0 fully saturated rings. The Morgan fingerprint density at radius 2 is 1.82 bits per heavy atom. The lowest BCUT2D eigenvalue weighted by Crippen LogP contribution is -2.41. The van der Waals surface area contributed by atoms with Gasteiger partial charge in [0.05, 0.1) is 7.11 Å². The van der Waals surface area contributed by atoms with Crippen molar-refractivity contribution in [3.63, 3.8) is 0 Å². The van der Waals surface area contributed by atoms with Crippen LogP contribution in [0.2, 0.25) is 0 Å². The highest BCUT2D eigenvalue weighted by Crippen LogP contribution is 2.33. The first kappa shape index (κ1) is 27.2. The van der Waals surface area contributed by atoms with Crippen LogP contribution in [0.15, 0.2) is 30.5 Å². The van der Waals surface area contributed by atoms with Crippen molar-refractivity contribution < 1.29 is 28.2 Å². The van der Waals surface area contributed by atoms with Crippen molar-refractivity contribution in [1.29, 1.82) is 0 Å². The second-order valence-corrected chi connectivity index (χ2v) is 8.80. The monoisotopic (exact) mass is 490 g/mol. The van der Waals surface area contributed by atoms with Crippen LogP contribution in [0.5, 0.6) is 11.5 Å². The van der Waals surface area contributed by atoms with Crippen molar-refractivity contribution in [2.75, 3.05) is 7.11 Å². The van der Waals surface area contributed by atoms with Gasteiger partial charge in [0.2, 0.25) is 5.75 Å². The van der Waals surface area contributed by atoms with Crippen molar-refractivity contribution in [1.82, 2.24) is 10.3 Å². The largest absolute Gasteiger partial charge is 0.493 e. The Morgan fingerprint density at radius 1 is 1.15 bits per heavy atom. The van der Waals surface area contributed by atoms with Gasteiger partial charge in [-0.3, -0.25) is 4.79 Å². The van der Waals surface area contributed by atoms with E-state index < -0.39 is 24.1 Å². The molecule has 0 unspecified atom stereocenters. The first-order chi connectivity index (χ1) is 16.0. The fourth-order valence-corrected chi connectivity index (χ4v) is 4.17. The zero-order chi connectivity index (χ0) is 25.6. The Hall–Kier alpha value is -3.07. The number of aromatic nitrogens is 1. The van der Waals surface area contributed by atoms with Crippen molar-refractivity contribution in [2.45, 2.75) is 59.6 Å². The van der Waals surface area contributed by atoms with E-state index in [0.717, 1.165) is 11.1 Å². The molecule has 1 N–H and O–H groups in total. The molecule has 7 nitrogen and oxygen atoms in total. The van der Waals surface area contributed by atoms with Crippen LogP contribution in [0.1, 0.15) is 57.4 Å². The third kappa shape index (κ3) is 6.72. The minimum atomic E-state index is -0.810. The van der Waals surface area contributed by atoms with E-state index in [0.29, 0.717) is 0 Å². The van der Waals surface area contributed by atoms with Gasteiger partial charge in [0, 0.05) is 25.1 Å². The molecular weight excluding hydrogens is 459 g/mol. The highest BCUT2D eigenvalue weighted by Gasteiger charge is 2.29. The molecule has 0 bridgehead atoms. The Balaban J connectivity index is 2.16. The number of carbonyl (C=O) groups excluding carboxylic acids is 2. The molecule has 184 valence electrons. The summed E-state index contributed by atoms with van der Waals surface area (Å²) in [7, 11) is 1.43. The smallest absolute Gasteiger partial charge is 0.328 e. The number of ether oxygens (including phenoxy) is 3. The Bertz CT molecular complexity index is 1060. The molecule has 2 rings (SSSR count). The number of esters is 2. The predicted molar refractivity (Wildman–Crippen MR) is 131 cm³/mol. The average molecular weight is 491 g/mol. The predicted octanol–water partition coefficient (Wildman–Crippen LogP) is 4.49. The lowest BCUT2D eigenvalue weighted by atomic mass is 9.82. The molecule has 0 saturated heterocycles. The summed E-state index contributed by atoms with van der Waals surface area (Å²) in [5.74, 6) is -1.02. The summed E-state index contributed by atoms with van der Waals surface area (Å²) < 4.78 is 29.8. The van der Waals surface area contributed by atoms with Crippen LogP contribution in [0.3, 0.4) is 0 Å². The molecule has 3 atom stereocenters. The molecule has 0 aliphatic rings. The number of pyridine rings is 1. The zero-order valence-electron chi connectivity index (χ0n) is 20.5. The number of rotatable bonds is 9. The molecule has 9 heteroatoms. The van der Waals surface area contributed by atoms with E-state index in [1.807, 2.05) is 27.7 Å². The minimum absolute atomic E-state index is 0.0654. The fraction of sp³-hybridized carbons (Fsp3) is 0.440. The van der Waals surface area contributed by atoms with Crippen LogP contribution < -0.4 is 14.8 Å². The molecular formula is C25H31FN2O5S. The first-order valence-electron chi connectivity index (χ1n) is 10.9. The topological polar surface area (TPSA) is 86.8 Å². The molecule has 1 heterocycles. The van der Waals surface area contributed by atoms with Crippen LogP contribution in [-0.2, 0) is 14.3 Å². The lowest BCUT2D eigenvalue weighted by molar-refractivity contribution is -0.151. The Kier molecular flexibility index (Phi) is 9.49. The van der Waals surface area contributed by atoms with Gasteiger partial charge in [-0.05, 0) is 49.9 Å². The normalized spacial score (nSPS) is 13.6. The standard InChI is InChI=1S/C25H31FN2O5S/c1-13(2)21(19-9-8-18(26)12-14(19)3)16(5)32-25(30)15(4)28-24(34)22-23(33-17(6)29)20(31-7)10-11-27-22/h8-13,15-16,21H,1-7H3,(H,28,34)/t15-,16-,21+/m0/s1. The number of nitrogens with one attached hydrogen (secondary N) is 1. The van der Waals surface area contributed by atoms with Crippen LogP contribution in [-0.4, -0.2) is 41.2 Å². The third-order valence-electron chi connectivity index (χ3n) is 5.37. The first-order valence-corrected chi connectivity index (χ1v) is 11.4. The maximum Gasteiger partial charge on any atom is 0.328 e. The molecule has 1 aromatic carbocycles. The second-order valence-electron chi connectivity index (χ2n) is 8.39. The van der Waals surface area contributed by atoms with E-state index in [9.17, 15) is 14.0 Å². The zero-order valence-corrected chi connectivity index (χ0v) is 21.3. The summed E-state index contributed by atoms with van der Waals surface area (Å²) in [5, 5.41) is 2.89. The third-order valence-corrected chi connectivity index (χ3v) is 5.68. The number of benzene rings is 1. The summed E-state index contributed by atoms with van der Waals surface area (Å²) in [4.78, 5) is 28.7. The number of thiocarbonyl (C=S) groups is 1. The summed E-state index contributed by atoms with van der Waals surface area (Å²) >= 11 is 5.41. The van der Waals surface area contributed by atoms with E-state index in [1.165, 1.54) is 38.4 Å². The number of aryl methyl sites for hydroxylation is 1. The number of hydrogen-bond donors (Lipinski definition) is 1. The van der Waals surface area contributed by atoms with Crippen molar-refractivity contribution in [2.24, 2.45) is 5.92 Å². The van der Waals surface area contributed by atoms with E-state index in [4.69, 9.17) is 26.4 Å². The highest BCUT2D eigenvalue weighted by molar-refractivity contribution is 7.80. The van der Waals surface area contributed by atoms with E-state index in [-0.39, 0.29) is 39.8 Å². The van der Waals surface area contributed by atoms with Gasteiger partial charge < -0.3 is 19.5 Å². The van der Waals surface area contributed by atoms with Gasteiger partial charge in [-0.15, -0.1) is 0 Å². The molecule has 0 aliphatic carbocycles. The van der Waals surface area contributed by atoms with Gasteiger partial charge in [-0.25, -0.2) is 14.2 Å². The molecule has 34 heavy (non-hydrogen) atoms. The van der Waals surface area contributed by atoms with Crippen molar-refractivity contribution >= 4 is 29.1 Å². The molecule has 0 amide bonds. The van der Waals surface area contributed by atoms with Gasteiger partial charge >= 0.3 is 11.9 Å². The van der Waals surface area contributed by atoms with Gasteiger partial charge in [-0.2, -0.15) is 0 Å². The van der Waals surface area contributed by atoms with E-state index in [1.54, 1.807) is 13.0 Å². The van der Waals surface area contributed by atoms with E-state index >= 15 is 0 Å². The maximum atomic E-state index is 13.6. The molecule has 0 radical (unpaired) electrons. The molecule has 0 saturated carbocycles. The number of hydrogen-bond acceptors (Lipinski definition) is 7. The summed E-state index contributed by atoms with van der Waals surface area (Å²) in [6.45, 7) is 10.6. The number of nitrogens with zero attached hydrogens (tertiary/aromatic N) is 1. The van der Waals surface area contributed by atoms with Gasteiger partial charge in [0.1, 0.15) is 28.6 Å². The fourth-order valence-electron chi connectivity index (χ4n) is 3.84. The van der Waals surface area contributed by atoms with Crippen LogP contribution in [0.25, 0.3) is 0 Å². The van der Waals surface area contributed by atoms with Gasteiger partial charge in [0.25, 0.3) is 0 Å². The minimum Gasteiger partial charge on any atom is -0.493 e. The SMILES string of the molecule is COc1ccnc(C(=S)N[C@@H](C)C(=O)O[C@@H](C)[C@H](c2ccc(F)cc2C)C(C)C)c1OC(C)=O. The van der Waals surface area contributed by atoms with Crippen LogP contribution >= 0.6 is 12.2 Å². The van der Waals surface area contributed by atoms with Gasteiger partial charge in [-0.1, -0.05) is 32.1 Å². The number of halogens is 1. The molecule has 1 aromatic heterocycles. The number of carbonyl (C=O) groups is 2. The lowest BCUT2D eigenvalue weighted by Gasteiger charge is -2.30. The average Bonchev–Trinajstić information content (AvgIpc) is 2.74.